The minimum atomic E-state index is -0.921. The average molecular weight is 484 g/mol. The molecule has 4 aromatic rings. The second-order valence-electron chi connectivity index (χ2n) is 8.48. The van der Waals surface area contributed by atoms with Gasteiger partial charge in [-0.2, -0.15) is 0 Å². The Balaban J connectivity index is 1.60. The average Bonchev–Trinajstić information content (AvgIpc) is 3.46. The zero-order valence-corrected chi connectivity index (χ0v) is 19.9. The van der Waals surface area contributed by atoms with E-state index < -0.39 is 6.04 Å². The van der Waals surface area contributed by atoms with E-state index in [0.29, 0.717) is 12.1 Å². The van der Waals surface area contributed by atoms with Crippen molar-refractivity contribution < 1.29 is 9.59 Å². The summed E-state index contributed by atoms with van der Waals surface area (Å²) in [4.78, 5) is 33.6. The van der Waals surface area contributed by atoms with E-state index >= 15 is 0 Å². The van der Waals surface area contributed by atoms with Crippen molar-refractivity contribution in [3.63, 3.8) is 0 Å². The summed E-state index contributed by atoms with van der Waals surface area (Å²) in [5.41, 5.74) is 4.89. The number of pyridine rings is 1. The molecule has 0 aliphatic heterocycles. The van der Waals surface area contributed by atoms with Gasteiger partial charge in [-0.25, -0.2) is 0 Å². The van der Waals surface area contributed by atoms with E-state index in [0.717, 1.165) is 54.0 Å². The highest BCUT2D eigenvalue weighted by atomic mass is 32.1. The number of aromatic nitrogens is 3. The summed E-state index contributed by atoms with van der Waals surface area (Å²) in [5, 5.41) is 8.69. The Bertz CT molecular complexity index is 1300. The fourth-order valence-corrected chi connectivity index (χ4v) is 5.00. The van der Waals surface area contributed by atoms with Crippen LogP contribution in [0.4, 0.5) is 5.69 Å². The molecule has 1 aliphatic rings. The molecule has 0 saturated carbocycles. The molecule has 1 N–H and O–H groups in total. The summed E-state index contributed by atoms with van der Waals surface area (Å²) in [6.45, 7) is 0.351. The van der Waals surface area contributed by atoms with Crippen LogP contribution in [0.3, 0.4) is 0 Å². The van der Waals surface area contributed by atoms with Gasteiger partial charge in [0.1, 0.15) is 6.04 Å². The van der Waals surface area contributed by atoms with Crippen LogP contribution in [0.1, 0.15) is 51.6 Å². The number of carbonyl (C=O) groups excluding carboxylic acids is 2. The molecule has 176 valence electrons. The Hall–Kier alpha value is -3.91. The maximum absolute atomic E-state index is 13.9. The van der Waals surface area contributed by atoms with Gasteiger partial charge in [-0.15, -0.1) is 5.10 Å². The normalized spacial score (nSPS) is 13.5. The first kappa shape index (κ1) is 22.9. The molecule has 2 aromatic carbocycles. The number of nitrogens with one attached hydrogen (secondary N) is 1. The molecular weight excluding hydrogens is 458 g/mol. The molecule has 1 aliphatic carbocycles. The molecule has 8 heteroatoms. The van der Waals surface area contributed by atoms with Gasteiger partial charge in [0, 0.05) is 35.6 Å². The first-order chi connectivity index (χ1) is 17.2. The number of fused-ring (bicyclic) bond motifs is 1. The first-order valence-electron chi connectivity index (χ1n) is 11.7. The molecule has 1 atom stereocenters. The Morgan fingerprint density at radius 3 is 2.63 bits per heavy atom. The van der Waals surface area contributed by atoms with Crippen LogP contribution in [0, 0.1) is 0 Å². The van der Waals surface area contributed by atoms with Crippen LogP contribution in [0.2, 0.25) is 0 Å². The van der Waals surface area contributed by atoms with Gasteiger partial charge in [-0.1, -0.05) is 53.0 Å². The van der Waals surface area contributed by atoms with Gasteiger partial charge in [0.25, 0.3) is 5.91 Å². The highest BCUT2D eigenvalue weighted by Crippen LogP contribution is 2.36. The lowest BCUT2D eigenvalue weighted by Crippen LogP contribution is -2.44. The van der Waals surface area contributed by atoms with Crippen molar-refractivity contribution in [2.45, 2.75) is 38.3 Å². The van der Waals surface area contributed by atoms with Crippen molar-refractivity contribution in [2.24, 2.45) is 0 Å². The number of benzene rings is 2. The molecule has 35 heavy (non-hydrogen) atoms. The predicted octanol–water partition coefficient (Wildman–Crippen LogP) is 4.52. The summed E-state index contributed by atoms with van der Waals surface area (Å²) >= 11 is 1.11. The third kappa shape index (κ3) is 4.97. The van der Waals surface area contributed by atoms with Crippen LogP contribution >= 0.6 is 11.5 Å². The van der Waals surface area contributed by atoms with Crippen LogP contribution in [0.15, 0.2) is 78.4 Å². The van der Waals surface area contributed by atoms with Gasteiger partial charge < -0.3 is 5.32 Å². The molecule has 2 heterocycles. The number of nitrogens with zero attached hydrogens (tertiary/aromatic N) is 4. The first-order valence-corrected chi connectivity index (χ1v) is 12.5. The quantitative estimate of drug-likeness (QED) is 0.418. The van der Waals surface area contributed by atoms with Crippen LogP contribution in [0.25, 0.3) is 0 Å². The highest BCUT2D eigenvalue weighted by molar-refractivity contribution is 7.03. The van der Waals surface area contributed by atoms with E-state index in [9.17, 15) is 9.59 Å². The summed E-state index contributed by atoms with van der Waals surface area (Å²) < 4.78 is 3.89. The number of hydrogen-bond acceptors (Lipinski definition) is 6. The lowest BCUT2D eigenvalue weighted by atomic mass is 9.89. The summed E-state index contributed by atoms with van der Waals surface area (Å²) in [7, 11) is 0. The number of amides is 2. The number of carbonyl (C=O) groups is 2. The van der Waals surface area contributed by atoms with Crippen molar-refractivity contribution in [1.29, 1.82) is 0 Å². The fourth-order valence-electron chi connectivity index (χ4n) is 4.57. The van der Waals surface area contributed by atoms with E-state index in [2.05, 4.69) is 26.0 Å². The minimum Gasteiger partial charge on any atom is -0.350 e. The third-order valence-corrected chi connectivity index (χ3v) is 6.75. The third-order valence-electron chi connectivity index (χ3n) is 6.24. The zero-order chi connectivity index (χ0) is 24.0. The van der Waals surface area contributed by atoms with Crippen molar-refractivity contribution in [1.82, 2.24) is 19.9 Å². The Kier molecular flexibility index (Phi) is 6.90. The van der Waals surface area contributed by atoms with Crippen LogP contribution < -0.4 is 10.2 Å². The molecule has 0 radical (unpaired) electrons. The molecule has 7 nitrogen and oxygen atoms in total. The number of hydrogen-bond donors (Lipinski definition) is 1. The van der Waals surface area contributed by atoms with Crippen LogP contribution in [-0.2, 0) is 24.2 Å². The van der Waals surface area contributed by atoms with Crippen LogP contribution in [-0.4, -0.2) is 26.4 Å². The standard InChI is InChI=1S/C27H25N5O2S/c33-26(29-16-19-8-2-1-3-9-19)25(21-12-7-15-28-17-21)32(27(34)23-18-35-31-30-23)24-14-6-11-20-10-4-5-13-22(20)24/h1-3,6-9,11-12,14-15,17-18,25H,4-5,10,13,16H2,(H,29,33)/t25-/m0/s1. The zero-order valence-electron chi connectivity index (χ0n) is 19.1. The second kappa shape index (κ2) is 10.6. The minimum absolute atomic E-state index is 0.216. The van der Waals surface area contributed by atoms with E-state index in [1.54, 1.807) is 28.7 Å². The lowest BCUT2D eigenvalue weighted by Gasteiger charge is -2.33. The number of anilines is 1. The van der Waals surface area contributed by atoms with Gasteiger partial charge >= 0.3 is 0 Å². The molecular formula is C27H25N5O2S. The molecule has 0 fully saturated rings. The monoisotopic (exact) mass is 483 g/mol. The summed E-state index contributed by atoms with van der Waals surface area (Å²) in [6, 6.07) is 18.4. The van der Waals surface area contributed by atoms with Gasteiger partial charge in [0.15, 0.2) is 5.69 Å². The van der Waals surface area contributed by atoms with Crippen molar-refractivity contribution in [3.8, 4) is 0 Å². The fraction of sp³-hybridized carbons (Fsp3) is 0.222. The molecule has 0 unspecified atom stereocenters. The lowest BCUT2D eigenvalue weighted by molar-refractivity contribution is -0.122. The number of aryl methyl sites for hydroxylation is 1. The van der Waals surface area contributed by atoms with Crippen molar-refractivity contribution in [3.05, 3.63) is 106 Å². The molecule has 2 aromatic heterocycles. The van der Waals surface area contributed by atoms with Gasteiger partial charge in [0.2, 0.25) is 5.91 Å². The number of rotatable bonds is 7. The predicted molar refractivity (Wildman–Crippen MR) is 135 cm³/mol. The van der Waals surface area contributed by atoms with E-state index in [1.165, 1.54) is 5.56 Å². The topological polar surface area (TPSA) is 88.1 Å². The molecule has 0 saturated heterocycles. The Morgan fingerprint density at radius 1 is 1.00 bits per heavy atom. The largest absolute Gasteiger partial charge is 0.350 e. The molecule has 0 bridgehead atoms. The Labute approximate surface area is 208 Å². The molecule has 5 rings (SSSR count). The van der Waals surface area contributed by atoms with Gasteiger partial charge in [-0.3, -0.25) is 19.5 Å². The Morgan fingerprint density at radius 2 is 1.86 bits per heavy atom. The van der Waals surface area contributed by atoms with E-state index in [1.807, 2.05) is 48.5 Å². The smallest absolute Gasteiger partial charge is 0.280 e. The summed E-state index contributed by atoms with van der Waals surface area (Å²) in [6.07, 6.45) is 7.27. The van der Waals surface area contributed by atoms with E-state index in [4.69, 9.17) is 0 Å². The molecule has 0 spiro atoms. The van der Waals surface area contributed by atoms with Gasteiger partial charge in [0.05, 0.1) is 0 Å². The van der Waals surface area contributed by atoms with Crippen LogP contribution in [0.5, 0.6) is 0 Å². The maximum Gasteiger partial charge on any atom is 0.280 e. The van der Waals surface area contributed by atoms with Crippen molar-refractivity contribution >= 4 is 29.0 Å². The second-order valence-corrected chi connectivity index (χ2v) is 9.09. The summed E-state index contributed by atoms with van der Waals surface area (Å²) in [5.74, 6) is -0.645. The van der Waals surface area contributed by atoms with Gasteiger partial charge in [-0.05, 0) is 66.0 Å². The SMILES string of the molecule is O=C(NCc1ccccc1)[C@H](c1cccnc1)N(C(=O)c1csnn1)c1cccc2c1CCCC2. The molecule has 2 amide bonds. The van der Waals surface area contributed by atoms with E-state index in [-0.39, 0.29) is 17.5 Å². The maximum atomic E-state index is 13.9. The van der Waals surface area contributed by atoms with Crippen molar-refractivity contribution in [2.75, 3.05) is 4.90 Å². The highest BCUT2D eigenvalue weighted by Gasteiger charge is 2.36.